The second kappa shape index (κ2) is 8.18. The fraction of sp³-hybridized carbons (Fsp3) is 0.625. The second-order valence-corrected chi connectivity index (χ2v) is 5.32. The largest absolute Gasteiger partial charge is 0.491 e. The number of rotatable bonds is 7. The Hall–Kier alpha value is -1.06. The first-order chi connectivity index (χ1) is 9.34. The van der Waals surface area contributed by atoms with E-state index in [-0.39, 0.29) is 0 Å². The third kappa shape index (κ3) is 5.62. The molecule has 2 rings (SSSR count). The monoisotopic (exact) mass is 263 g/mol. The Morgan fingerprint density at radius 3 is 2.79 bits per heavy atom. The molecule has 0 saturated carbocycles. The van der Waals surface area contributed by atoms with E-state index in [0.717, 1.165) is 24.8 Å². The number of benzene rings is 1. The van der Waals surface area contributed by atoms with Gasteiger partial charge in [0.25, 0.3) is 0 Å². The van der Waals surface area contributed by atoms with E-state index >= 15 is 0 Å². The predicted molar refractivity (Wildman–Crippen MR) is 77.6 cm³/mol. The zero-order valence-electron chi connectivity index (χ0n) is 11.9. The lowest BCUT2D eigenvalue weighted by molar-refractivity contribution is 0.0689. The molecule has 1 aliphatic heterocycles. The predicted octanol–water partition coefficient (Wildman–Crippen LogP) is 2.81. The standard InChI is InChI=1S/C16H25NO2/c1-15-6-5-9-17(14-15)10-11-18-12-13-19-16-7-3-2-4-8-16/h2-4,7-8,15H,5-6,9-14H2,1H3/t15-/m0/s1. The Bertz CT molecular complexity index is 342. The average molecular weight is 263 g/mol. The summed E-state index contributed by atoms with van der Waals surface area (Å²) in [6.07, 6.45) is 2.71. The molecule has 0 unspecified atom stereocenters. The third-order valence-electron chi connectivity index (χ3n) is 3.53. The highest BCUT2D eigenvalue weighted by molar-refractivity contribution is 5.20. The van der Waals surface area contributed by atoms with Crippen molar-refractivity contribution in [3.63, 3.8) is 0 Å². The normalized spacial score (nSPS) is 20.4. The van der Waals surface area contributed by atoms with Crippen LogP contribution in [0.25, 0.3) is 0 Å². The fourth-order valence-corrected chi connectivity index (χ4v) is 2.52. The van der Waals surface area contributed by atoms with Gasteiger partial charge in [-0.2, -0.15) is 0 Å². The zero-order valence-corrected chi connectivity index (χ0v) is 11.9. The van der Waals surface area contributed by atoms with E-state index in [1.807, 2.05) is 30.3 Å². The topological polar surface area (TPSA) is 21.7 Å². The van der Waals surface area contributed by atoms with Crippen molar-refractivity contribution >= 4 is 0 Å². The number of ether oxygens (including phenoxy) is 2. The summed E-state index contributed by atoms with van der Waals surface area (Å²) in [5.41, 5.74) is 0. The molecule has 0 aromatic heterocycles. The molecule has 1 aliphatic rings. The molecule has 1 aromatic rings. The van der Waals surface area contributed by atoms with E-state index in [9.17, 15) is 0 Å². The van der Waals surface area contributed by atoms with Crippen molar-refractivity contribution in [1.82, 2.24) is 4.90 Å². The van der Waals surface area contributed by atoms with Gasteiger partial charge in [0, 0.05) is 13.1 Å². The van der Waals surface area contributed by atoms with Gasteiger partial charge in [0.1, 0.15) is 12.4 Å². The summed E-state index contributed by atoms with van der Waals surface area (Å²) in [6.45, 7) is 7.94. The van der Waals surface area contributed by atoms with Gasteiger partial charge >= 0.3 is 0 Å². The molecule has 0 aliphatic carbocycles. The highest BCUT2D eigenvalue weighted by Crippen LogP contribution is 2.14. The van der Waals surface area contributed by atoms with Crippen LogP contribution in [0.4, 0.5) is 0 Å². The number of para-hydroxylation sites is 1. The number of nitrogens with zero attached hydrogens (tertiary/aromatic N) is 1. The van der Waals surface area contributed by atoms with Crippen LogP contribution < -0.4 is 4.74 Å². The minimum atomic E-state index is 0.625. The molecule has 1 saturated heterocycles. The summed E-state index contributed by atoms with van der Waals surface area (Å²) in [5, 5.41) is 0. The maximum absolute atomic E-state index is 5.63. The summed E-state index contributed by atoms with van der Waals surface area (Å²) in [7, 11) is 0. The van der Waals surface area contributed by atoms with Crippen LogP contribution in [0.3, 0.4) is 0 Å². The summed E-state index contributed by atoms with van der Waals surface area (Å²) in [6, 6.07) is 9.88. The second-order valence-electron chi connectivity index (χ2n) is 5.32. The van der Waals surface area contributed by atoms with Crippen molar-refractivity contribution in [1.29, 1.82) is 0 Å². The molecule has 0 spiro atoms. The van der Waals surface area contributed by atoms with Gasteiger partial charge in [-0.05, 0) is 37.4 Å². The van der Waals surface area contributed by atoms with Crippen molar-refractivity contribution in [2.45, 2.75) is 19.8 Å². The number of hydrogen-bond donors (Lipinski definition) is 0. The van der Waals surface area contributed by atoms with Crippen LogP contribution in [-0.2, 0) is 4.74 Å². The summed E-state index contributed by atoms with van der Waals surface area (Å²) >= 11 is 0. The van der Waals surface area contributed by atoms with Crippen molar-refractivity contribution < 1.29 is 9.47 Å². The van der Waals surface area contributed by atoms with Crippen molar-refractivity contribution in [2.24, 2.45) is 5.92 Å². The maximum Gasteiger partial charge on any atom is 0.119 e. The molecule has 1 aromatic carbocycles. The van der Waals surface area contributed by atoms with Crippen LogP contribution in [0, 0.1) is 5.92 Å². The maximum atomic E-state index is 5.63. The molecular formula is C16H25NO2. The molecule has 1 fully saturated rings. The van der Waals surface area contributed by atoms with E-state index in [1.54, 1.807) is 0 Å². The van der Waals surface area contributed by atoms with Gasteiger partial charge in [-0.1, -0.05) is 25.1 Å². The molecule has 1 atom stereocenters. The molecule has 0 bridgehead atoms. The smallest absolute Gasteiger partial charge is 0.119 e. The molecule has 3 nitrogen and oxygen atoms in total. The van der Waals surface area contributed by atoms with Crippen LogP contribution in [0.15, 0.2) is 30.3 Å². The van der Waals surface area contributed by atoms with Crippen LogP contribution in [0.1, 0.15) is 19.8 Å². The Morgan fingerprint density at radius 2 is 2.00 bits per heavy atom. The lowest BCUT2D eigenvalue weighted by Crippen LogP contribution is -2.36. The first-order valence-electron chi connectivity index (χ1n) is 7.32. The van der Waals surface area contributed by atoms with E-state index in [1.165, 1.54) is 25.9 Å². The highest BCUT2D eigenvalue weighted by Gasteiger charge is 2.15. The number of piperidine rings is 1. The van der Waals surface area contributed by atoms with Gasteiger partial charge in [-0.15, -0.1) is 0 Å². The Labute approximate surface area is 116 Å². The minimum Gasteiger partial charge on any atom is -0.491 e. The van der Waals surface area contributed by atoms with Crippen molar-refractivity contribution in [3.05, 3.63) is 30.3 Å². The third-order valence-corrected chi connectivity index (χ3v) is 3.53. The average Bonchev–Trinajstić information content (AvgIpc) is 2.44. The Balaban J connectivity index is 1.48. The lowest BCUT2D eigenvalue weighted by atomic mass is 10.0. The van der Waals surface area contributed by atoms with Crippen LogP contribution in [-0.4, -0.2) is 44.4 Å². The first-order valence-corrected chi connectivity index (χ1v) is 7.32. The van der Waals surface area contributed by atoms with Crippen LogP contribution in [0.5, 0.6) is 5.75 Å². The summed E-state index contributed by atoms with van der Waals surface area (Å²) in [5.74, 6) is 1.76. The SMILES string of the molecule is C[C@H]1CCCN(CCOCCOc2ccccc2)C1. The van der Waals surface area contributed by atoms with E-state index in [4.69, 9.17) is 9.47 Å². The number of hydrogen-bond acceptors (Lipinski definition) is 3. The van der Waals surface area contributed by atoms with Gasteiger partial charge < -0.3 is 14.4 Å². The molecule has 19 heavy (non-hydrogen) atoms. The van der Waals surface area contributed by atoms with Gasteiger partial charge in [0.05, 0.1) is 13.2 Å². The lowest BCUT2D eigenvalue weighted by Gasteiger charge is -2.30. The zero-order chi connectivity index (χ0) is 13.3. The van der Waals surface area contributed by atoms with E-state index in [0.29, 0.717) is 13.2 Å². The molecule has 1 heterocycles. The Kier molecular flexibility index (Phi) is 6.18. The highest BCUT2D eigenvalue weighted by atomic mass is 16.5. The molecule has 0 N–H and O–H groups in total. The minimum absolute atomic E-state index is 0.625. The van der Waals surface area contributed by atoms with Gasteiger partial charge in [-0.3, -0.25) is 0 Å². The van der Waals surface area contributed by atoms with Crippen molar-refractivity contribution in [2.75, 3.05) is 39.5 Å². The first kappa shape index (κ1) is 14.4. The van der Waals surface area contributed by atoms with E-state index in [2.05, 4.69) is 11.8 Å². The van der Waals surface area contributed by atoms with Crippen LogP contribution in [0.2, 0.25) is 0 Å². The van der Waals surface area contributed by atoms with E-state index < -0.39 is 0 Å². The molecule has 0 radical (unpaired) electrons. The van der Waals surface area contributed by atoms with Crippen LogP contribution >= 0.6 is 0 Å². The van der Waals surface area contributed by atoms with Gasteiger partial charge in [-0.25, -0.2) is 0 Å². The molecule has 3 heteroatoms. The molecular weight excluding hydrogens is 238 g/mol. The van der Waals surface area contributed by atoms with Gasteiger partial charge in [0.2, 0.25) is 0 Å². The fourth-order valence-electron chi connectivity index (χ4n) is 2.52. The van der Waals surface area contributed by atoms with Crippen molar-refractivity contribution in [3.8, 4) is 5.75 Å². The summed E-state index contributed by atoms with van der Waals surface area (Å²) in [4.78, 5) is 2.51. The Morgan fingerprint density at radius 1 is 1.16 bits per heavy atom. The van der Waals surface area contributed by atoms with Gasteiger partial charge in [0.15, 0.2) is 0 Å². The molecule has 106 valence electrons. The summed E-state index contributed by atoms with van der Waals surface area (Å²) < 4.78 is 11.2. The number of likely N-dealkylation sites (tertiary alicyclic amines) is 1. The quantitative estimate of drug-likeness (QED) is 0.706. The molecule has 0 amide bonds.